The molecule has 0 heterocycles. The smallest absolute Gasteiger partial charge is 0.226 e. The maximum atomic E-state index is 13.4. The second-order valence-corrected chi connectivity index (χ2v) is 9.08. The number of para-hydroxylation sites is 3. The van der Waals surface area contributed by atoms with Gasteiger partial charge in [-0.3, -0.25) is 4.79 Å². The first-order valence-electron chi connectivity index (χ1n) is 13.0. The van der Waals surface area contributed by atoms with Gasteiger partial charge in [0.1, 0.15) is 5.84 Å². The molecule has 0 saturated carbocycles. The van der Waals surface area contributed by atoms with E-state index >= 15 is 0 Å². The number of aliphatic imine (C=N–C) groups is 1. The lowest BCUT2D eigenvalue weighted by atomic mass is 10.1. The molecule has 3 rings (SSSR count). The first-order valence-corrected chi connectivity index (χ1v) is 13.0. The topological polar surface area (TPSA) is 44.7 Å². The Morgan fingerprint density at radius 3 is 2.03 bits per heavy atom. The van der Waals surface area contributed by atoms with Crippen LogP contribution in [0.25, 0.3) is 0 Å². The summed E-state index contributed by atoms with van der Waals surface area (Å²) in [5.41, 5.74) is 2.82. The van der Waals surface area contributed by atoms with Crippen LogP contribution in [-0.4, -0.2) is 18.3 Å². The van der Waals surface area contributed by atoms with Gasteiger partial charge in [0.15, 0.2) is 0 Å². The highest BCUT2D eigenvalue weighted by Crippen LogP contribution is 2.21. The molecule has 0 unspecified atom stereocenters. The van der Waals surface area contributed by atoms with Gasteiger partial charge in [-0.25, -0.2) is 4.99 Å². The van der Waals surface area contributed by atoms with Crippen molar-refractivity contribution >= 4 is 28.8 Å². The molecular weight excluding hydrogens is 430 g/mol. The first kappa shape index (κ1) is 26.2. The molecular formula is C31H39N3O. The van der Waals surface area contributed by atoms with Gasteiger partial charge >= 0.3 is 0 Å². The number of rotatable bonds is 13. The monoisotopic (exact) mass is 469 g/mol. The Hall–Kier alpha value is -3.40. The molecule has 4 nitrogen and oxygen atoms in total. The van der Waals surface area contributed by atoms with Crippen molar-refractivity contribution in [3.05, 3.63) is 91.0 Å². The number of amides is 1. The minimum Gasteiger partial charge on any atom is -0.343 e. The zero-order valence-electron chi connectivity index (χ0n) is 21.2. The van der Waals surface area contributed by atoms with Gasteiger partial charge in [0.25, 0.3) is 0 Å². The van der Waals surface area contributed by atoms with E-state index in [1.165, 1.54) is 25.7 Å². The van der Waals surface area contributed by atoms with Gasteiger partial charge in [-0.15, -0.1) is 0 Å². The number of benzene rings is 3. The molecule has 0 aromatic heterocycles. The third kappa shape index (κ3) is 9.05. The van der Waals surface area contributed by atoms with E-state index in [-0.39, 0.29) is 11.8 Å². The summed E-state index contributed by atoms with van der Waals surface area (Å²) < 4.78 is 0. The maximum Gasteiger partial charge on any atom is 0.226 e. The van der Waals surface area contributed by atoms with Crippen molar-refractivity contribution in [3.8, 4) is 0 Å². The highest BCUT2D eigenvalue weighted by molar-refractivity contribution is 6.00. The van der Waals surface area contributed by atoms with Crippen molar-refractivity contribution in [2.75, 3.05) is 16.8 Å². The highest BCUT2D eigenvalue weighted by Gasteiger charge is 2.21. The van der Waals surface area contributed by atoms with Crippen LogP contribution < -0.4 is 10.2 Å². The fraction of sp³-hybridized carbons (Fsp3) is 0.355. The summed E-state index contributed by atoms with van der Waals surface area (Å²) in [5, 5.41) is 3.51. The van der Waals surface area contributed by atoms with Crippen molar-refractivity contribution in [3.63, 3.8) is 0 Å². The van der Waals surface area contributed by atoms with Crippen LogP contribution in [0.4, 0.5) is 17.1 Å². The summed E-state index contributed by atoms with van der Waals surface area (Å²) in [4.78, 5) is 20.2. The molecule has 1 N–H and O–H groups in total. The number of nitrogens with one attached hydrogen (secondary N) is 1. The number of carbonyl (C=O) groups excluding carboxylic acids is 1. The standard InChI is InChI=1S/C31H39N3O/c1-3-4-5-6-7-17-24-30(35)34(29-22-15-10-16-23-29)25-26(2)31(32-27-18-11-8-12-19-27)33-28-20-13-9-14-21-28/h8-16,18-23,26H,3-7,17,24-25H2,1-2H3,(H,32,33)/t26-/m1/s1. The lowest BCUT2D eigenvalue weighted by Gasteiger charge is -2.27. The summed E-state index contributed by atoms with van der Waals surface area (Å²) in [6, 6.07) is 30.1. The Morgan fingerprint density at radius 2 is 1.37 bits per heavy atom. The molecule has 4 heteroatoms. The molecule has 0 radical (unpaired) electrons. The van der Waals surface area contributed by atoms with E-state index in [2.05, 4.69) is 19.2 Å². The summed E-state index contributed by atoms with van der Waals surface area (Å²) >= 11 is 0. The summed E-state index contributed by atoms with van der Waals surface area (Å²) in [5.74, 6) is 1.03. The Morgan fingerprint density at radius 1 is 0.800 bits per heavy atom. The average molecular weight is 470 g/mol. The van der Waals surface area contributed by atoms with Gasteiger partial charge in [-0.05, 0) is 42.8 Å². The van der Waals surface area contributed by atoms with E-state index in [4.69, 9.17) is 4.99 Å². The molecule has 1 atom stereocenters. The van der Waals surface area contributed by atoms with Gasteiger partial charge in [0.05, 0.1) is 5.69 Å². The Balaban J connectivity index is 1.76. The van der Waals surface area contributed by atoms with Crippen LogP contribution in [0, 0.1) is 5.92 Å². The first-order chi connectivity index (χ1) is 17.2. The van der Waals surface area contributed by atoms with E-state index in [0.29, 0.717) is 13.0 Å². The molecule has 1 amide bonds. The van der Waals surface area contributed by atoms with E-state index in [0.717, 1.165) is 35.7 Å². The fourth-order valence-electron chi connectivity index (χ4n) is 4.08. The second-order valence-electron chi connectivity index (χ2n) is 9.08. The zero-order chi connectivity index (χ0) is 24.7. The molecule has 0 aliphatic rings. The molecule has 0 bridgehead atoms. The normalized spacial score (nSPS) is 12.2. The van der Waals surface area contributed by atoms with Gasteiger partial charge in [0.2, 0.25) is 5.91 Å². The summed E-state index contributed by atoms with van der Waals surface area (Å²) in [6.45, 7) is 4.92. The molecule has 184 valence electrons. The zero-order valence-corrected chi connectivity index (χ0v) is 21.2. The maximum absolute atomic E-state index is 13.4. The SMILES string of the molecule is CCCCCCCCC(=O)N(C[C@@H](C)C(=Nc1ccccc1)Nc1ccccc1)c1ccccc1. The van der Waals surface area contributed by atoms with Crippen LogP contribution in [-0.2, 0) is 4.79 Å². The molecule has 0 saturated heterocycles. The van der Waals surface area contributed by atoms with Crippen LogP contribution in [0.5, 0.6) is 0 Å². The third-order valence-corrected chi connectivity index (χ3v) is 6.09. The number of unbranched alkanes of at least 4 members (excludes halogenated alkanes) is 5. The number of nitrogens with zero attached hydrogens (tertiary/aromatic N) is 2. The van der Waals surface area contributed by atoms with E-state index in [1.54, 1.807) is 0 Å². The minimum atomic E-state index is 0.00382. The van der Waals surface area contributed by atoms with Gasteiger partial charge in [-0.2, -0.15) is 0 Å². The number of anilines is 2. The van der Waals surface area contributed by atoms with Crippen LogP contribution in [0.2, 0.25) is 0 Å². The number of hydrogen-bond acceptors (Lipinski definition) is 2. The van der Waals surface area contributed by atoms with Gasteiger partial charge in [-0.1, -0.05) is 101 Å². The van der Waals surface area contributed by atoms with Crippen molar-refractivity contribution in [1.82, 2.24) is 0 Å². The molecule has 0 spiro atoms. The lowest BCUT2D eigenvalue weighted by molar-refractivity contribution is -0.118. The Labute approximate surface area is 211 Å². The molecule has 0 fully saturated rings. The van der Waals surface area contributed by atoms with E-state index < -0.39 is 0 Å². The van der Waals surface area contributed by atoms with Crippen LogP contribution >= 0.6 is 0 Å². The van der Waals surface area contributed by atoms with Crippen LogP contribution in [0.1, 0.15) is 58.8 Å². The van der Waals surface area contributed by atoms with E-state index in [9.17, 15) is 4.79 Å². The van der Waals surface area contributed by atoms with Crippen molar-refractivity contribution in [2.45, 2.75) is 58.8 Å². The number of carbonyl (C=O) groups is 1. The highest BCUT2D eigenvalue weighted by atomic mass is 16.2. The molecule has 3 aromatic carbocycles. The van der Waals surface area contributed by atoms with Gasteiger partial charge in [0, 0.05) is 30.3 Å². The predicted molar refractivity (Wildman–Crippen MR) is 150 cm³/mol. The summed E-state index contributed by atoms with van der Waals surface area (Å²) in [6.07, 6.45) is 7.60. The van der Waals surface area contributed by atoms with Crippen LogP contribution in [0.15, 0.2) is 96.0 Å². The molecule has 0 aliphatic carbocycles. The second kappa shape index (κ2) is 14.8. The number of amidine groups is 1. The van der Waals surface area contributed by atoms with Gasteiger partial charge < -0.3 is 10.2 Å². The van der Waals surface area contributed by atoms with Crippen molar-refractivity contribution in [1.29, 1.82) is 0 Å². The fourth-order valence-corrected chi connectivity index (χ4v) is 4.08. The minimum absolute atomic E-state index is 0.00382. The summed E-state index contributed by atoms with van der Waals surface area (Å²) in [7, 11) is 0. The number of hydrogen-bond donors (Lipinski definition) is 1. The predicted octanol–water partition coefficient (Wildman–Crippen LogP) is 8.25. The van der Waals surface area contributed by atoms with E-state index in [1.807, 2.05) is 95.9 Å². The van der Waals surface area contributed by atoms with Crippen molar-refractivity contribution in [2.24, 2.45) is 10.9 Å². The largest absolute Gasteiger partial charge is 0.343 e. The average Bonchev–Trinajstić information content (AvgIpc) is 2.90. The third-order valence-electron chi connectivity index (χ3n) is 6.09. The van der Waals surface area contributed by atoms with Crippen LogP contribution in [0.3, 0.4) is 0 Å². The Kier molecular flexibility index (Phi) is 11.1. The quantitative estimate of drug-likeness (QED) is 0.156. The molecule has 3 aromatic rings. The lowest BCUT2D eigenvalue weighted by Crippen LogP contribution is -2.38. The molecule has 0 aliphatic heterocycles. The van der Waals surface area contributed by atoms with Crippen molar-refractivity contribution < 1.29 is 4.79 Å². The Bertz CT molecular complexity index is 1020. The molecule has 35 heavy (non-hydrogen) atoms.